The third-order valence-corrected chi connectivity index (χ3v) is 3.51. The van der Waals surface area contributed by atoms with Crippen LogP contribution in [0, 0.1) is 5.92 Å². The number of hydrogen-bond acceptors (Lipinski definition) is 3. The zero-order valence-electron chi connectivity index (χ0n) is 11.6. The van der Waals surface area contributed by atoms with Crippen LogP contribution in [0.1, 0.15) is 54.4 Å². The Morgan fingerprint density at radius 1 is 1.06 bits per heavy atom. The molecule has 0 aromatic heterocycles. The molecule has 16 heavy (non-hydrogen) atoms. The molecule has 96 valence electrons. The average Bonchev–Trinajstić information content (AvgIpc) is 1.95. The van der Waals surface area contributed by atoms with Crippen molar-refractivity contribution in [1.82, 2.24) is 5.32 Å². The summed E-state index contributed by atoms with van der Waals surface area (Å²) in [7, 11) is 0. The fourth-order valence-electron chi connectivity index (χ4n) is 3.45. The first-order chi connectivity index (χ1) is 6.98. The van der Waals surface area contributed by atoms with E-state index in [4.69, 9.17) is 5.73 Å². The summed E-state index contributed by atoms with van der Waals surface area (Å²) in [4.78, 5) is 0. The highest BCUT2D eigenvalue weighted by molar-refractivity contribution is 5.08. The lowest BCUT2D eigenvalue weighted by atomic mass is 9.68. The molecule has 4 N–H and O–H groups in total. The zero-order valence-corrected chi connectivity index (χ0v) is 11.6. The minimum atomic E-state index is -0.758. The van der Waals surface area contributed by atoms with Crippen LogP contribution in [0.25, 0.3) is 0 Å². The zero-order chi connectivity index (χ0) is 12.8. The summed E-state index contributed by atoms with van der Waals surface area (Å²) < 4.78 is 0. The molecule has 1 saturated heterocycles. The first-order valence-electron chi connectivity index (χ1n) is 6.25. The SMILES string of the molecule is CC(C)C(N)C1(O)CC(C)(C)NC(C)(C)C1. The molecule has 1 aliphatic heterocycles. The van der Waals surface area contributed by atoms with Crippen LogP contribution >= 0.6 is 0 Å². The maximum atomic E-state index is 10.8. The molecular formula is C13H28N2O. The van der Waals surface area contributed by atoms with Crippen LogP contribution in [0.3, 0.4) is 0 Å². The molecule has 1 atom stereocenters. The highest BCUT2D eigenvalue weighted by atomic mass is 16.3. The van der Waals surface area contributed by atoms with Crippen LogP contribution in [0.4, 0.5) is 0 Å². The third-order valence-electron chi connectivity index (χ3n) is 3.51. The van der Waals surface area contributed by atoms with Gasteiger partial charge in [0.1, 0.15) is 0 Å². The largest absolute Gasteiger partial charge is 0.388 e. The first kappa shape index (κ1) is 13.9. The van der Waals surface area contributed by atoms with Crippen LogP contribution in [0.5, 0.6) is 0 Å². The fourth-order valence-corrected chi connectivity index (χ4v) is 3.45. The topological polar surface area (TPSA) is 58.3 Å². The summed E-state index contributed by atoms with van der Waals surface area (Å²) in [5.74, 6) is 0.301. The molecule has 1 unspecified atom stereocenters. The van der Waals surface area contributed by atoms with Crippen LogP contribution in [-0.4, -0.2) is 27.8 Å². The van der Waals surface area contributed by atoms with Crippen molar-refractivity contribution in [1.29, 1.82) is 0 Å². The molecule has 1 heterocycles. The van der Waals surface area contributed by atoms with Gasteiger partial charge in [0.25, 0.3) is 0 Å². The maximum Gasteiger partial charge on any atom is 0.0835 e. The molecule has 0 aliphatic carbocycles. The molecule has 3 heteroatoms. The molecule has 0 aromatic carbocycles. The predicted octanol–water partition coefficient (Wildman–Crippen LogP) is 1.64. The second-order valence-electron chi connectivity index (χ2n) is 7.12. The highest BCUT2D eigenvalue weighted by Crippen LogP contribution is 2.38. The molecule has 0 radical (unpaired) electrons. The van der Waals surface area contributed by atoms with Crippen LogP contribution in [0.15, 0.2) is 0 Å². The van der Waals surface area contributed by atoms with Crippen molar-refractivity contribution in [3.63, 3.8) is 0 Å². The average molecular weight is 228 g/mol. The van der Waals surface area contributed by atoms with Gasteiger partial charge in [-0.3, -0.25) is 0 Å². The van der Waals surface area contributed by atoms with E-state index in [2.05, 4.69) is 46.9 Å². The van der Waals surface area contributed by atoms with E-state index in [0.717, 1.165) is 0 Å². The van der Waals surface area contributed by atoms with Gasteiger partial charge in [-0.2, -0.15) is 0 Å². The lowest BCUT2D eigenvalue weighted by Crippen LogP contribution is -2.68. The monoisotopic (exact) mass is 228 g/mol. The Hall–Kier alpha value is -0.120. The molecule has 0 saturated carbocycles. The lowest BCUT2D eigenvalue weighted by Gasteiger charge is -2.53. The van der Waals surface area contributed by atoms with Crippen molar-refractivity contribution in [3.05, 3.63) is 0 Å². The van der Waals surface area contributed by atoms with Gasteiger partial charge in [-0.05, 0) is 46.5 Å². The van der Waals surface area contributed by atoms with Gasteiger partial charge in [0.05, 0.1) is 5.60 Å². The summed E-state index contributed by atoms with van der Waals surface area (Å²) >= 11 is 0. The van der Waals surface area contributed by atoms with Gasteiger partial charge in [-0.15, -0.1) is 0 Å². The van der Waals surface area contributed by atoms with E-state index in [1.165, 1.54) is 0 Å². The van der Waals surface area contributed by atoms with Crippen molar-refractivity contribution >= 4 is 0 Å². The van der Waals surface area contributed by atoms with E-state index in [9.17, 15) is 5.11 Å². The van der Waals surface area contributed by atoms with E-state index in [0.29, 0.717) is 18.8 Å². The number of aliphatic hydroxyl groups is 1. The van der Waals surface area contributed by atoms with E-state index in [1.54, 1.807) is 0 Å². The molecule has 0 spiro atoms. The quantitative estimate of drug-likeness (QED) is 0.673. The molecule has 1 aliphatic rings. The van der Waals surface area contributed by atoms with Crippen LogP contribution < -0.4 is 11.1 Å². The Morgan fingerprint density at radius 2 is 1.44 bits per heavy atom. The third kappa shape index (κ3) is 2.96. The summed E-state index contributed by atoms with van der Waals surface area (Å²) in [6, 6.07) is -0.159. The molecular weight excluding hydrogens is 200 g/mol. The van der Waals surface area contributed by atoms with Crippen LogP contribution in [0.2, 0.25) is 0 Å². The van der Waals surface area contributed by atoms with Crippen molar-refractivity contribution < 1.29 is 5.11 Å². The smallest absolute Gasteiger partial charge is 0.0835 e. The van der Waals surface area contributed by atoms with Crippen molar-refractivity contribution in [2.75, 3.05) is 0 Å². The minimum absolute atomic E-state index is 0.0665. The van der Waals surface area contributed by atoms with Gasteiger partial charge in [0.2, 0.25) is 0 Å². The van der Waals surface area contributed by atoms with Crippen LogP contribution in [-0.2, 0) is 0 Å². The Labute approximate surface area is 99.8 Å². The summed E-state index contributed by atoms with van der Waals surface area (Å²) in [5.41, 5.74) is 5.30. The van der Waals surface area contributed by atoms with Gasteiger partial charge in [0, 0.05) is 17.1 Å². The fraction of sp³-hybridized carbons (Fsp3) is 1.00. The molecule has 1 rings (SSSR count). The number of piperidine rings is 1. The summed E-state index contributed by atoms with van der Waals surface area (Å²) in [5, 5.41) is 14.4. The minimum Gasteiger partial charge on any atom is -0.388 e. The standard InChI is InChI=1S/C13H28N2O/c1-9(2)10(14)13(16)7-11(3,4)15-12(5,6)8-13/h9-10,15-16H,7-8,14H2,1-6H3. The van der Waals surface area contributed by atoms with Crippen molar-refractivity contribution in [2.45, 2.75) is 77.1 Å². The normalized spacial score (nSPS) is 29.1. The summed E-state index contributed by atoms with van der Waals surface area (Å²) in [6.07, 6.45) is 1.42. The Bertz CT molecular complexity index is 243. The van der Waals surface area contributed by atoms with E-state index in [1.807, 2.05) is 0 Å². The van der Waals surface area contributed by atoms with Gasteiger partial charge in [0.15, 0.2) is 0 Å². The molecule has 3 nitrogen and oxygen atoms in total. The second kappa shape index (κ2) is 3.97. The molecule has 0 aromatic rings. The highest BCUT2D eigenvalue weighted by Gasteiger charge is 2.49. The van der Waals surface area contributed by atoms with Gasteiger partial charge >= 0.3 is 0 Å². The molecule has 1 fully saturated rings. The Balaban J connectivity index is 2.96. The molecule has 0 bridgehead atoms. The van der Waals surface area contributed by atoms with Gasteiger partial charge in [-0.1, -0.05) is 13.8 Å². The van der Waals surface area contributed by atoms with E-state index < -0.39 is 5.60 Å². The summed E-state index contributed by atoms with van der Waals surface area (Å²) in [6.45, 7) is 12.7. The Morgan fingerprint density at radius 3 is 1.75 bits per heavy atom. The van der Waals surface area contributed by atoms with Gasteiger partial charge < -0.3 is 16.2 Å². The van der Waals surface area contributed by atoms with E-state index in [-0.39, 0.29) is 17.1 Å². The van der Waals surface area contributed by atoms with Crippen molar-refractivity contribution in [2.24, 2.45) is 11.7 Å². The van der Waals surface area contributed by atoms with E-state index >= 15 is 0 Å². The molecule has 0 amide bonds. The maximum absolute atomic E-state index is 10.8. The number of rotatable bonds is 2. The lowest BCUT2D eigenvalue weighted by molar-refractivity contribution is -0.0819. The number of nitrogens with two attached hydrogens (primary N) is 1. The van der Waals surface area contributed by atoms with Crippen molar-refractivity contribution in [3.8, 4) is 0 Å². The first-order valence-corrected chi connectivity index (χ1v) is 6.25. The number of nitrogens with one attached hydrogen (secondary N) is 1. The predicted molar refractivity (Wildman–Crippen MR) is 68.3 cm³/mol. The second-order valence-corrected chi connectivity index (χ2v) is 7.12. The van der Waals surface area contributed by atoms with Gasteiger partial charge in [-0.25, -0.2) is 0 Å². The Kier molecular flexibility index (Phi) is 3.46. The number of hydrogen-bond donors (Lipinski definition) is 3.